The van der Waals surface area contributed by atoms with Gasteiger partial charge < -0.3 is 0 Å². The SMILES string of the molecule is CS(=O)(NC#N)=C(Cc1cscn1)c1ccc(Cl)nc1. The second-order valence-electron chi connectivity index (χ2n) is 4.01. The third-order valence-electron chi connectivity index (χ3n) is 2.59. The van der Waals surface area contributed by atoms with Gasteiger partial charge in [0, 0.05) is 34.7 Å². The van der Waals surface area contributed by atoms with E-state index in [1.165, 1.54) is 17.6 Å². The Labute approximate surface area is 126 Å². The predicted molar refractivity (Wildman–Crippen MR) is 82.0 cm³/mol. The molecule has 0 bridgehead atoms. The zero-order valence-electron chi connectivity index (χ0n) is 10.5. The molecule has 2 aromatic heterocycles. The first kappa shape index (κ1) is 14.8. The van der Waals surface area contributed by atoms with Gasteiger partial charge in [-0.25, -0.2) is 18.9 Å². The Kier molecular flexibility index (Phi) is 4.60. The number of halogens is 1. The van der Waals surface area contributed by atoms with Crippen molar-refractivity contribution in [1.29, 1.82) is 5.26 Å². The van der Waals surface area contributed by atoms with Gasteiger partial charge in [-0.2, -0.15) is 5.26 Å². The Morgan fingerprint density at radius 2 is 2.35 bits per heavy atom. The van der Waals surface area contributed by atoms with Crippen molar-refractivity contribution in [2.45, 2.75) is 6.42 Å². The molecule has 2 heterocycles. The number of hydrogen-bond donors (Lipinski definition) is 1. The second kappa shape index (κ2) is 6.22. The molecule has 0 aromatic carbocycles. The minimum atomic E-state index is -2.68. The van der Waals surface area contributed by atoms with Crippen LogP contribution >= 0.6 is 22.9 Å². The second-order valence-corrected chi connectivity index (χ2v) is 7.50. The van der Waals surface area contributed by atoms with Crippen molar-refractivity contribution in [2.24, 2.45) is 0 Å². The smallest absolute Gasteiger partial charge is 0.188 e. The molecule has 5 nitrogen and oxygen atoms in total. The molecule has 2 rings (SSSR count). The molecule has 0 spiro atoms. The van der Waals surface area contributed by atoms with Crippen LogP contribution in [0.4, 0.5) is 0 Å². The molecule has 0 amide bonds. The van der Waals surface area contributed by atoms with Crippen molar-refractivity contribution >= 4 is 37.5 Å². The molecule has 1 unspecified atom stereocenters. The van der Waals surface area contributed by atoms with Crippen LogP contribution in [-0.4, -0.2) is 25.3 Å². The summed E-state index contributed by atoms with van der Waals surface area (Å²) in [5.41, 5.74) is 3.19. The average molecular weight is 327 g/mol. The minimum Gasteiger partial charge on any atom is -0.249 e. The number of thiazole rings is 1. The van der Waals surface area contributed by atoms with E-state index in [-0.39, 0.29) is 0 Å². The maximum absolute atomic E-state index is 12.6. The molecule has 1 N–H and O–H groups in total. The van der Waals surface area contributed by atoms with Gasteiger partial charge in [-0.15, -0.1) is 11.3 Å². The molecule has 0 aliphatic heterocycles. The summed E-state index contributed by atoms with van der Waals surface area (Å²) in [4.78, 5) is 8.76. The van der Waals surface area contributed by atoms with Crippen LogP contribution in [0.5, 0.6) is 0 Å². The topological polar surface area (TPSA) is 78.7 Å². The van der Waals surface area contributed by atoms with Crippen LogP contribution in [0.1, 0.15) is 11.3 Å². The lowest BCUT2D eigenvalue weighted by Gasteiger charge is -2.12. The maximum Gasteiger partial charge on any atom is 0.188 e. The Bertz CT molecular complexity index is 741. The normalized spacial score (nSPS) is 13.2. The molecular formula is C12H11ClN4OS2. The molecule has 0 saturated heterocycles. The zero-order chi connectivity index (χ0) is 14.6. The Morgan fingerprint density at radius 1 is 1.55 bits per heavy atom. The van der Waals surface area contributed by atoms with E-state index in [0.29, 0.717) is 22.0 Å². The van der Waals surface area contributed by atoms with Gasteiger partial charge >= 0.3 is 0 Å². The van der Waals surface area contributed by atoms with Crippen molar-refractivity contribution in [3.63, 3.8) is 0 Å². The van der Waals surface area contributed by atoms with Gasteiger partial charge in [0.25, 0.3) is 0 Å². The van der Waals surface area contributed by atoms with E-state index >= 15 is 0 Å². The summed E-state index contributed by atoms with van der Waals surface area (Å²) in [6.45, 7) is 0. The molecule has 0 aliphatic carbocycles. The van der Waals surface area contributed by atoms with E-state index in [0.717, 1.165) is 5.69 Å². The number of aromatic nitrogens is 2. The molecule has 2 aromatic rings. The van der Waals surface area contributed by atoms with Crippen LogP contribution in [0, 0.1) is 11.5 Å². The Morgan fingerprint density at radius 3 is 2.90 bits per heavy atom. The van der Waals surface area contributed by atoms with Crippen LogP contribution in [-0.2, 0) is 16.1 Å². The number of nitrogens with zero attached hydrogens (tertiary/aromatic N) is 3. The van der Waals surface area contributed by atoms with E-state index < -0.39 is 9.71 Å². The first-order valence-electron chi connectivity index (χ1n) is 5.53. The van der Waals surface area contributed by atoms with Crippen molar-refractivity contribution < 1.29 is 4.21 Å². The average Bonchev–Trinajstić information content (AvgIpc) is 2.90. The first-order chi connectivity index (χ1) is 9.53. The van der Waals surface area contributed by atoms with Crippen LogP contribution in [0.2, 0.25) is 5.15 Å². The highest BCUT2D eigenvalue weighted by Crippen LogP contribution is 2.12. The highest BCUT2D eigenvalue weighted by molar-refractivity contribution is 8.00. The van der Waals surface area contributed by atoms with Crippen LogP contribution < -0.4 is 4.72 Å². The van der Waals surface area contributed by atoms with E-state index in [1.807, 2.05) is 5.38 Å². The molecular weight excluding hydrogens is 316 g/mol. The van der Waals surface area contributed by atoms with E-state index in [1.54, 1.807) is 30.0 Å². The van der Waals surface area contributed by atoms with Crippen molar-refractivity contribution in [2.75, 3.05) is 6.26 Å². The first-order valence-corrected chi connectivity index (χ1v) is 8.81. The Balaban J connectivity index is 2.53. The third kappa shape index (κ3) is 3.48. The number of rotatable bonds is 4. The highest BCUT2D eigenvalue weighted by Gasteiger charge is 2.14. The molecule has 0 aliphatic rings. The van der Waals surface area contributed by atoms with Gasteiger partial charge in [-0.3, -0.25) is 0 Å². The van der Waals surface area contributed by atoms with E-state index in [9.17, 15) is 4.21 Å². The minimum absolute atomic E-state index is 0.359. The number of hydrogen-bond acceptors (Lipinski definition) is 5. The summed E-state index contributed by atoms with van der Waals surface area (Å²) >= 11 is 7.23. The molecule has 0 radical (unpaired) electrons. The van der Waals surface area contributed by atoms with Crippen LogP contribution in [0.3, 0.4) is 0 Å². The summed E-state index contributed by atoms with van der Waals surface area (Å²) in [6.07, 6.45) is 5.16. The number of nitriles is 1. The van der Waals surface area contributed by atoms with Gasteiger partial charge in [-0.1, -0.05) is 11.6 Å². The van der Waals surface area contributed by atoms with Gasteiger partial charge in [0.1, 0.15) is 5.15 Å². The fraction of sp³-hybridized carbons (Fsp3) is 0.167. The Hall–Kier alpha value is -1.62. The summed E-state index contributed by atoms with van der Waals surface area (Å²) in [5, 5.41) is 11.0. The molecule has 20 heavy (non-hydrogen) atoms. The van der Waals surface area contributed by atoms with Crippen molar-refractivity contribution in [3.05, 3.63) is 45.6 Å². The lowest BCUT2D eigenvalue weighted by atomic mass is 10.1. The molecule has 104 valence electrons. The van der Waals surface area contributed by atoms with E-state index in [4.69, 9.17) is 16.9 Å². The highest BCUT2D eigenvalue weighted by atomic mass is 35.5. The molecule has 8 heteroatoms. The van der Waals surface area contributed by atoms with Gasteiger partial charge in [0.05, 0.1) is 20.9 Å². The lowest BCUT2D eigenvalue weighted by molar-refractivity contribution is 0.681. The van der Waals surface area contributed by atoms with Gasteiger partial charge in [0.2, 0.25) is 0 Å². The quantitative estimate of drug-likeness (QED) is 0.306. The summed E-state index contributed by atoms with van der Waals surface area (Å²) < 4.78 is 15.0. The van der Waals surface area contributed by atoms with Crippen molar-refractivity contribution in [1.82, 2.24) is 14.7 Å². The van der Waals surface area contributed by atoms with Gasteiger partial charge in [-0.05, 0) is 12.1 Å². The molecule has 0 saturated carbocycles. The zero-order valence-corrected chi connectivity index (χ0v) is 12.9. The molecule has 1 atom stereocenters. The summed E-state index contributed by atoms with van der Waals surface area (Å²) in [7, 11) is -2.68. The van der Waals surface area contributed by atoms with Crippen LogP contribution in [0.25, 0.3) is 0 Å². The van der Waals surface area contributed by atoms with Crippen molar-refractivity contribution in [3.8, 4) is 6.19 Å². The third-order valence-corrected chi connectivity index (χ3v) is 5.25. The maximum atomic E-state index is 12.6. The lowest BCUT2D eigenvalue weighted by Crippen LogP contribution is -2.27. The van der Waals surface area contributed by atoms with E-state index in [2.05, 4.69) is 14.7 Å². The molecule has 0 fully saturated rings. The number of pyridine rings is 1. The fourth-order valence-corrected chi connectivity index (χ4v) is 3.60. The predicted octanol–water partition coefficient (Wildman–Crippen LogP) is 1.85. The summed E-state index contributed by atoms with van der Waals surface area (Å²) in [5.74, 6) is 0. The number of nitrogens with one attached hydrogen (secondary N) is 1. The van der Waals surface area contributed by atoms with Crippen LogP contribution in [0.15, 0.2) is 29.2 Å². The monoisotopic (exact) mass is 326 g/mol. The van der Waals surface area contributed by atoms with Gasteiger partial charge in [0.15, 0.2) is 6.19 Å². The summed E-state index contributed by atoms with van der Waals surface area (Å²) in [6, 6.07) is 3.36. The largest absolute Gasteiger partial charge is 0.249 e. The standard InChI is InChI=1S/C12H11ClN4OS2/c1-20(18,17-7-14)11(4-10-6-19-8-16-10)9-2-3-12(13)15-5-9/h2-3,5-6,8H,4H2,1H3,(H,17,18). The fourth-order valence-electron chi connectivity index (χ4n) is 1.64.